The van der Waals surface area contributed by atoms with Gasteiger partial charge in [-0.3, -0.25) is 9.59 Å². The zero-order valence-electron chi connectivity index (χ0n) is 14.6. The van der Waals surface area contributed by atoms with Gasteiger partial charge in [-0.2, -0.15) is 0 Å². The van der Waals surface area contributed by atoms with Crippen LogP contribution >= 0.6 is 0 Å². The van der Waals surface area contributed by atoms with Crippen molar-refractivity contribution in [2.24, 2.45) is 29.1 Å². The van der Waals surface area contributed by atoms with E-state index in [0.717, 1.165) is 25.7 Å². The van der Waals surface area contributed by atoms with E-state index in [-0.39, 0.29) is 42.0 Å². The van der Waals surface area contributed by atoms with Gasteiger partial charge in [0.2, 0.25) is 5.91 Å². The van der Waals surface area contributed by atoms with Crippen LogP contribution in [-0.2, 0) is 19.1 Å². The van der Waals surface area contributed by atoms with Crippen molar-refractivity contribution in [1.82, 2.24) is 5.32 Å². The summed E-state index contributed by atoms with van der Waals surface area (Å²) in [5.41, 5.74) is 0.216. The maximum absolute atomic E-state index is 12.1. The number of rotatable bonds is 3. The lowest BCUT2D eigenvalue weighted by Gasteiger charge is -2.54. The van der Waals surface area contributed by atoms with Crippen LogP contribution in [0, 0.1) is 29.1 Å². The molecule has 7 unspecified atom stereocenters. The zero-order valence-corrected chi connectivity index (χ0v) is 14.6. The minimum atomic E-state index is -0.0582. The Hall–Kier alpha value is -1.10. The van der Waals surface area contributed by atoms with E-state index < -0.39 is 0 Å². The van der Waals surface area contributed by atoms with E-state index >= 15 is 0 Å². The molecule has 5 nitrogen and oxygen atoms in total. The second-order valence-electron chi connectivity index (χ2n) is 8.08. The monoisotopic (exact) mass is 323 g/mol. The van der Waals surface area contributed by atoms with Gasteiger partial charge in [-0.15, -0.1) is 0 Å². The minimum Gasteiger partial charge on any atom is -0.462 e. The first-order valence-electron chi connectivity index (χ1n) is 8.86. The molecule has 3 rings (SSSR count). The summed E-state index contributed by atoms with van der Waals surface area (Å²) >= 11 is 0. The van der Waals surface area contributed by atoms with Gasteiger partial charge in [-0.05, 0) is 37.0 Å². The summed E-state index contributed by atoms with van der Waals surface area (Å²) in [6.45, 7) is 6.65. The van der Waals surface area contributed by atoms with Crippen molar-refractivity contribution in [3.05, 3.63) is 0 Å². The number of hydrogen-bond acceptors (Lipinski definition) is 4. The van der Waals surface area contributed by atoms with Crippen molar-refractivity contribution in [1.29, 1.82) is 0 Å². The molecule has 5 heteroatoms. The van der Waals surface area contributed by atoms with Crippen LogP contribution in [0.25, 0.3) is 0 Å². The average Bonchev–Trinajstić information content (AvgIpc) is 2.77. The summed E-state index contributed by atoms with van der Waals surface area (Å²) in [5.74, 6) is 0.896. The molecule has 1 N–H and O–H groups in total. The van der Waals surface area contributed by atoms with Crippen LogP contribution in [-0.4, -0.2) is 37.7 Å². The number of ether oxygens (including phenoxy) is 2. The molecule has 0 aromatic carbocycles. The molecule has 3 aliphatic rings. The quantitative estimate of drug-likeness (QED) is 0.808. The molecule has 3 fully saturated rings. The van der Waals surface area contributed by atoms with Crippen molar-refractivity contribution >= 4 is 11.9 Å². The third-order valence-corrected chi connectivity index (χ3v) is 6.75. The first kappa shape index (κ1) is 16.7. The van der Waals surface area contributed by atoms with Crippen molar-refractivity contribution in [2.75, 3.05) is 13.7 Å². The molecule has 2 aliphatic carbocycles. The number of nitrogens with one attached hydrogen (secondary N) is 1. The van der Waals surface area contributed by atoms with Crippen molar-refractivity contribution in [3.63, 3.8) is 0 Å². The lowest BCUT2D eigenvalue weighted by atomic mass is 9.52. The van der Waals surface area contributed by atoms with E-state index in [0.29, 0.717) is 17.8 Å². The van der Waals surface area contributed by atoms with E-state index in [2.05, 4.69) is 19.2 Å². The Kier molecular flexibility index (Phi) is 4.43. The molecule has 0 bridgehead atoms. The highest BCUT2D eigenvalue weighted by Crippen LogP contribution is 2.57. The van der Waals surface area contributed by atoms with Gasteiger partial charge in [-0.25, -0.2) is 0 Å². The number of amides is 1. The van der Waals surface area contributed by atoms with Gasteiger partial charge in [0.15, 0.2) is 0 Å². The number of carbonyl (C=O) groups excluding carboxylic acids is 2. The summed E-state index contributed by atoms with van der Waals surface area (Å²) in [4.78, 5) is 24.0. The highest BCUT2D eigenvalue weighted by molar-refractivity contribution is 5.77. The smallest absolute Gasteiger partial charge is 0.309 e. The Labute approximate surface area is 138 Å². The molecule has 2 saturated carbocycles. The predicted octanol–water partition coefficient (Wildman–Crippen LogP) is 2.14. The molecule has 1 amide bonds. The van der Waals surface area contributed by atoms with E-state index in [1.165, 1.54) is 7.11 Å². The van der Waals surface area contributed by atoms with Crippen LogP contribution in [0.2, 0.25) is 0 Å². The third kappa shape index (κ3) is 2.77. The van der Waals surface area contributed by atoms with Gasteiger partial charge < -0.3 is 14.8 Å². The van der Waals surface area contributed by atoms with Crippen LogP contribution < -0.4 is 5.32 Å². The first-order valence-corrected chi connectivity index (χ1v) is 8.86. The number of hydrogen-bond donors (Lipinski definition) is 1. The first-order chi connectivity index (χ1) is 10.9. The molecule has 1 saturated heterocycles. The molecule has 23 heavy (non-hydrogen) atoms. The van der Waals surface area contributed by atoms with E-state index in [9.17, 15) is 9.59 Å². The Morgan fingerprint density at radius 2 is 2.04 bits per heavy atom. The van der Waals surface area contributed by atoms with Gasteiger partial charge in [0, 0.05) is 25.0 Å². The lowest BCUT2D eigenvalue weighted by Crippen LogP contribution is -2.57. The summed E-state index contributed by atoms with van der Waals surface area (Å²) in [7, 11) is 1.53. The molecule has 0 spiro atoms. The Bertz CT molecular complexity index is 493. The fourth-order valence-corrected chi connectivity index (χ4v) is 5.41. The van der Waals surface area contributed by atoms with Gasteiger partial charge in [-0.1, -0.05) is 20.8 Å². The molecular formula is C18H29NO4. The van der Waals surface area contributed by atoms with Crippen LogP contribution in [0.3, 0.4) is 0 Å². The molecule has 0 radical (unpaired) electrons. The zero-order chi connectivity index (χ0) is 16.8. The summed E-state index contributed by atoms with van der Waals surface area (Å²) in [6.07, 6.45) is 4.33. The SMILES string of the molecule is COCC(=O)NC1CCC2(C)CCC3C(C)C(=O)OC3C2C1C. The summed E-state index contributed by atoms with van der Waals surface area (Å²) in [5, 5.41) is 3.12. The van der Waals surface area contributed by atoms with Crippen molar-refractivity contribution in [2.45, 2.75) is 58.6 Å². The summed E-state index contributed by atoms with van der Waals surface area (Å²) in [6, 6.07) is 0.143. The fraction of sp³-hybridized carbons (Fsp3) is 0.889. The lowest BCUT2D eigenvalue weighted by molar-refractivity contribution is -0.155. The molecule has 1 heterocycles. The molecule has 0 aromatic rings. The van der Waals surface area contributed by atoms with E-state index in [4.69, 9.17) is 9.47 Å². The molecule has 7 atom stereocenters. The van der Waals surface area contributed by atoms with Gasteiger partial charge >= 0.3 is 5.97 Å². The second kappa shape index (κ2) is 6.08. The van der Waals surface area contributed by atoms with Gasteiger partial charge in [0.05, 0.1) is 5.92 Å². The Morgan fingerprint density at radius 1 is 1.35 bits per heavy atom. The highest BCUT2D eigenvalue weighted by atomic mass is 16.6. The van der Waals surface area contributed by atoms with Crippen LogP contribution in [0.1, 0.15) is 46.5 Å². The van der Waals surface area contributed by atoms with Crippen molar-refractivity contribution < 1.29 is 19.1 Å². The highest BCUT2D eigenvalue weighted by Gasteiger charge is 2.58. The van der Waals surface area contributed by atoms with Crippen LogP contribution in [0.5, 0.6) is 0 Å². The molecule has 1 aliphatic heterocycles. The Balaban J connectivity index is 1.79. The Morgan fingerprint density at radius 3 is 2.74 bits per heavy atom. The number of fused-ring (bicyclic) bond motifs is 3. The predicted molar refractivity (Wildman–Crippen MR) is 85.6 cm³/mol. The molecule has 0 aromatic heterocycles. The van der Waals surface area contributed by atoms with E-state index in [1.54, 1.807) is 0 Å². The van der Waals surface area contributed by atoms with Gasteiger partial charge in [0.25, 0.3) is 0 Å². The third-order valence-electron chi connectivity index (χ3n) is 6.75. The topological polar surface area (TPSA) is 64.6 Å². The maximum Gasteiger partial charge on any atom is 0.309 e. The van der Waals surface area contributed by atoms with Crippen LogP contribution in [0.4, 0.5) is 0 Å². The number of methoxy groups -OCH3 is 1. The number of esters is 1. The summed E-state index contributed by atoms with van der Waals surface area (Å²) < 4.78 is 10.7. The normalized spacial score (nSPS) is 45.8. The standard InChI is InChI=1S/C18H29NO4/c1-10-12-5-7-18(3)8-6-13(19-14(20)9-22-4)11(2)15(18)16(12)23-17(10)21/h10-13,15-16H,5-9H2,1-4H3,(H,19,20). The number of carbonyl (C=O) groups is 2. The van der Waals surface area contributed by atoms with Crippen molar-refractivity contribution in [3.8, 4) is 0 Å². The largest absolute Gasteiger partial charge is 0.462 e. The molecule has 130 valence electrons. The fourth-order valence-electron chi connectivity index (χ4n) is 5.41. The maximum atomic E-state index is 12.1. The van der Waals surface area contributed by atoms with Crippen LogP contribution in [0.15, 0.2) is 0 Å². The second-order valence-corrected chi connectivity index (χ2v) is 8.08. The average molecular weight is 323 g/mol. The van der Waals surface area contributed by atoms with E-state index in [1.807, 2.05) is 6.92 Å². The van der Waals surface area contributed by atoms with Gasteiger partial charge in [0.1, 0.15) is 12.7 Å². The molecular weight excluding hydrogens is 294 g/mol. The minimum absolute atomic E-state index is 0.0141.